The Bertz CT molecular complexity index is 618. The first-order valence-electron chi connectivity index (χ1n) is 6.81. The normalized spacial score (nSPS) is 17.4. The number of para-hydroxylation sites is 1. The van der Waals surface area contributed by atoms with E-state index in [9.17, 15) is 4.79 Å². The molecule has 2 aromatic rings. The first kappa shape index (κ1) is 12.9. The second kappa shape index (κ2) is 5.51. The molecule has 20 heavy (non-hydrogen) atoms. The lowest BCUT2D eigenvalue weighted by Crippen LogP contribution is -2.17. The molecule has 1 aromatic heterocycles. The highest BCUT2D eigenvalue weighted by molar-refractivity contribution is 5.94. The topological polar surface area (TPSA) is 65.5 Å². The van der Waals surface area contributed by atoms with Gasteiger partial charge in [-0.3, -0.25) is 4.79 Å². The van der Waals surface area contributed by atoms with Crippen molar-refractivity contribution in [1.29, 1.82) is 0 Å². The first-order chi connectivity index (χ1) is 9.78. The van der Waals surface area contributed by atoms with Crippen molar-refractivity contribution < 1.29 is 13.9 Å². The lowest BCUT2D eigenvalue weighted by Gasteiger charge is -2.25. The van der Waals surface area contributed by atoms with Crippen LogP contribution in [0.4, 0.5) is 0 Å². The minimum Gasteiger partial charge on any atom is -0.493 e. The molecule has 1 unspecified atom stereocenters. The predicted molar refractivity (Wildman–Crippen MR) is 74.8 cm³/mol. The molecule has 1 atom stereocenters. The average Bonchev–Trinajstić information content (AvgIpc) is 2.97. The number of benzene rings is 1. The van der Waals surface area contributed by atoms with Crippen LogP contribution in [-0.4, -0.2) is 12.4 Å². The maximum absolute atomic E-state index is 12.3. The molecule has 1 aromatic carbocycles. The Labute approximate surface area is 117 Å². The van der Waals surface area contributed by atoms with Gasteiger partial charge < -0.3 is 14.9 Å². The van der Waals surface area contributed by atoms with Gasteiger partial charge in [-0.25, -0.2) is 0 Å². The van der Waals surface area contributed by atoms with Crippen molar-refractivity contribution in [3.8, 4) is 5.75 Å². The summed E-state index contributed by atoms with van der Waals surface area (Å²) >= 11 is 0. The fraction of sp³-hybridized carbons (Fsp3) is 0.312. The highest BCUT2D eigenvalue weighted by Gasteiger charge is 2.25. The second-order valence-electron chi connectivity index (χ2n) is 4.97. The van der Waals surface area contributed by atoms with E-state index in [0.717, 1.165) is 17.7 Å². The van der Waals surface area contributed by atoms with Crippen LogP contribution in [0.2, 0.25) is 0 Å². The van der Waals surface area contributed by atoms with E-state index < -0.39 is 0 Å². The average molecular weight is 271 g/mol. The van der Waals surface area contributed by atoms with Crippen LogP contribution >= 0.6 is 0 Å². The van der Waals surface area contributed by atoms with Crippen molar-refractivity contribution in [3.05, 3.63) is 53.5 Å². The summed E-state index contributed by atoms with van der Waals surface area (Å²) in [5.74, 6) is 2.14. The molecule has 0 aliphatic carbocycles. The van der Waals surface area contributed by atoms with E-state index in [0.29, 0.717) is 31.1 Å². The van der Waals surface area contributed by atoms with Crippen LogP contribution in [-0.2, 0) is 6.54 Å². The van der Waals surface area contributed by atoms with Gasteiger partial charge in [0, 0.05) is 6.42 Å². The van der Waals surface area contributed by atoms with Crippen LogP contribution < -0.4 is 10.5 Å². The number of hydrogen-bond donors (Lipinski definition) is 1. The Balaban J connectivity index is 1.77. The molecule has 0 saturated heterocycles. The fourth-order valence-corrected chi connectivity index (χ4v) is 2.59. The van der Waals surface area contributed by atoms with Gasteiger partial charge in [-0.2, -0.15) is 0 Å². The molecule has 0 bridgehead atoms. The van der Waals surface area contributed by atoms with Crippen molar-refractivity contribution >= 4 is 5.78 Å². The number of furan rings is 1. The van der Waals surface area contributed by atoms with E-state index >= 15 is 0 Å². The molecule has 0 spiro atoms. The monoisotopic (exact) mass is 271 g/mol. The number of fused-ring (bicyclic) bond motifs is 1. The van der Waals surface area contributed by atoms with Crippen molar-refractivity contribution in [2.24, 2.45) is 5.73 Å². The third-order valence-corrected chi connectivity index (χ3v) is 3.65. The van der Waals surface area contributed by atoms with Crippen LogP contribution in [0.5, 0.6) is 5.75 Å². The third-order valence-electron chi connectivity index (χ3n) is 3.65. The molecule has 4 heteroatoms. The number of carbonyl (C=O) groups excluding carboxylic acids is 1. The van der Waals surface area contributed by atoms with Crippen LogP contribution in [0.15, 0.2) is 40.8 Å². The molecule has 2 N–H and O–H groups in total. The summed E-state index contributed by atoms with van der Waals surface area (Å²) in [6.45, 7) is 0.967. The van der Waals surface area contributed by atoms with Crippen molar-refractivity contribution in [2.45, 2.75) is 25.3 Å². The summed E-state index contributed by atoms with van der Waals surface area (Å²) in [5, 5.41) is 0. The van der Waals surface area contributed by atoms with Crippen LogP contribution in [0.25, 0.3) is 0 Å². The summed E-state index contributed by atoms with van der Waals surface area (Å²) in [7, 11) is 0. The quantitative estimate of drug-likeness (QED) is 0.868. The number of hydrogen-bond acceptors (Lipinski definition) is 4. The minimum atomic E-state index is 0.0198. The SMILES string of the molecule is NCc1ccc(C(=O)CC2CCOc3ccccc32)o1. The summed E-state index contributed by atoms with van der Waals surface area (Å²) in [4.78, 5) is 12.3. The van der Waals surface area contributed by atoms with Gasteiger partial charge in [0.1, 0.15) is 11.5 Å². The summed E-state index contributed by atoms with van der Waals surface area (Å²) in [6, 6.07) is 11.4. The van der Waals surface area contributed by atoms with Crippen LogP contribution in [0.3, 0.4) is 0 Å². The van der Waals surface area contributed by atoms with E-state index in [4.69, 9.17) is 14.9 Å². The highest BCUT2D eigenvalue weighted by atomic mass is 16.5. The number of carbonyl (C=O) groups is 1. The first-order valence-corrected chi connectivity index (χ1v) is 6.81. The smallest absolute Gasteiger partial charge is 0.198 e. The Morgan fingerprint density at radius 2 is 2.10 bits per heavy atom. The Kier molecular flexibility index (Phi) is 3.56. The third kappa shape index (κ3) is 2.47. The van der Waals surface area contributed by atoms with Gasteiger partial charge in [0.25, 0.3) is 0 Å². The van der Waals surface area contributed by atoms with Gasteiger partial charge >= 0.3 is 0 Å². The Morgan fingerprint density at radius 1 is 1.25 bits per heavy atom. The van der Waals surface area contributed by atoms with Gasteiger partial charge in [-0.05, 0) is 36.1 Å². The Morgan fingerprint density at radius 3 is 2.90 bits per heavy atom. The van der Waals surface area contributed by atoms with Crippen molar-refractivity contribution in [3.63, 3.8) is 0 Å². The maximum atomic E-state index is 12.3. The molecule has 4 nitrogen and oxygen atoms in total. The van der Waals surface area contributed by atoms with Crippen molar-refractivity contribution in [2.75, 3.05) is 6.61 Å². The zero-order chi connectivity index (χ0) is 13.9. The molecule has 0 fully saturated rings. The number of rotatable bonds is 4. The predicted octanol–water partition coefficient (Wildman–Crippen LogP) is 2.88. The van der Waals surface area contributed by atoms with Crippen LogP contribution in [0, 0.1) is 0 Å². The number of nitrogens with two attached hydrogens (primary N) is 1. The molecule has 0 saturated carbocycles. The van der Waals surface area contributed by atoms with Gasteiger partial charge in [0.2, 0.25) is 0 Å². The zero-order valence-electron chi connectivity index (χ0n) is 11.2. The van der Waals surface area contributed by atoms with Crippen LogP contribution in [0.1, 0.15) is 40.6 Å². The summed E-state index contributed by atoms with van der Waals surface area (Å²) in [5.41, 5.74) is 6.60. The molecule has 104 valence electrons. The lowest BCUT2D eigenvalue weighted by atomic mass is 9.88. The van der Waals surface area contributed by atoms with Gasteiger partial charge in [0.15, 0.2) is 11.5 Å². The second-order valence-corrected chi connectivity index (χ2v) is 4.97. The van der Waals surface area contributed by atoms with Crippen molar-refractivity contribution in [1.82, 2.24) is 0 Å². The minimum absolute atomic E-state index is 0.0198. The largest absolute Gasteiger partial charge is 0.493 e. The molecular weight excluding hydrogens is 254 g/mol. The molecule has 0 radical (unpaired) electrons. The number of ketones is 1. The fourth-order valence-electron chi connectivity index (χ4n) is 2.59. The summed E-state index contributed by atoms with van der Waals surface area (Å²) in [6.07, 6.45) is 1.30. The van der Waals surface area contributed by atoms with E-state index in [1.165, 1.54) is 0 Å². The standard InChI is InChI=1S/C16H17NO3/c17-10-12-5-6-16(20-12)14(18)9-11-7-8-19-15-4-2-1-3-13(11)15/h1-6,11H,7-10,17H2. The maximum Gasteiger partial charge on any atom is 0.198 e. The Hall–Kier alpha value is -2.07. The lowest BCUT2D eigenvalue weighted by molar-refractivity contribution is 0.0937. The molecule has 3 rings (SSSR count). The molecular formula is C16H17NO3. The molecule has 1 aliphatic heterocycles. The van der Waals surface area contributed by atoms with E-state index in [1.807, 2.05) is 24.3 Å². The molecule has 2 heterocycles. The van der Waals surface area contributed by atoms with E-state index in [-0.39, 0.29) is 11.7 Å². The van der Waals surface area contributed by atoms with E-state index in [1.54, 1.807) is 12.1 Å². The highest BCUT2D eigenvalue weighted by Crippen LogP contribution is 2.36. The van der Waals surface area contributed by atoms with E-state index in [2.05, 4.69) is 0 Å². The number of ether oxygens (including phenoxy) is 1. The summed E-state index contributed by atoms with van der Waals surface area (Å²) < 4.78 is 11.0. The van der Waals surface area contributed by atoms with Gasteiger partial charge in [0.05, 0.1) is 13.2 Å². The molecule has 0 amide bonds. The molecule has 1 aliphatic rings. The van der Waals surface area contributed by atoms with Gasteiger partial charge in [-0.15, -0.1) is 0 Å². The van der Waals surface area contributed by atoms with Gasteiger partial charge in [-0.1, -0.05) is 18.2 Å². The zero-order valence-corrected chi connectivity index (χ0v) is 11.2. The number of Topliss-reactive ketones (excluding diaryl/α,β-unsaturated/α-hetero) is 1.